The summed E-state index contributed by atoms with van der Waals surface area (Å²) in [5.74, 6) is 0.621. The molecular formula is C19H19NO3S. The number of hydrogen-bond donors (Lipinski definition) is 1. The Morgan fingerprint density at radius 1 is 0.917 bits per heavy atom. The van der Waals surface area contributed by atoms with Crippen LogP contribution in [0.5, 0.6) is 5.75 Å². The monoisotopic (exact) mass is 341 g/mol. The number of methoxy groups -OCH3 is 1. The van der Waals surface area contributed by atoms with E-state index in [2.05, 4.69) is 4.72 Å². The lowest BCUT2D eigenvalue weighted by atomic mass is 10.0. The second-order valence-corrected chi connectivity index (χ2v) is 7.30. The molecule has 0 spiro atoms. The molecule has 5 heteroatoms. The molecule has 3 rings (SSSR count). The molecule has 0 aliphatic heterocycles. The van der Waals surface area contributed by atoms with E-state index in [1.807, 2.05) is 49.4 Å². The second-order valence-electron chi connectivity index (χ2n) is 5.59. The van der Waals surface area contributed by atoms with E-state index in [9.17, 15) is 8.42 Å². The van der Waals surface area contributed by atoms with Crippen molar-refractivity contribution in [3.05, 3.63) is 72.3 Å². The van der Waals surface area contributed by atoms with Crippen LogP contribution in [0.2, 0.25) is 0 Å². The molecule has 0 aliphatic carbocycles. The van der Waals surface area contributed by atoms with Crippen molar-refractivity contribution in [2.24, 2.45) is 0 Å². The van der Waals surface area contributed by atoms with Crippen LogP contribution in [0.25, 0.3) is 10.8 Å². The molecule has 0 saturated heterocycles. The number of nitrogens with one attached hydrogen (secondary N) is 1. The molecule has 1 atom stereocenters. The topological polar surface area (TPSA) is 55.4 Å². The summed E-state index contributed by atoms with van der Waals surface area (Å²) < 4.78 is 33.0. The summed E-state index contributed by atoms with van der Waals surface area (Å²) in [7, 11) is -2.06. The van der Waals surface area contributed by atoms with E-state index in [4.69, 9.17) is 4.74 Å². The Balaban J connectivity index is 1.91. The molecule has 124 valence electrons. The molecule has 0 amide bonds. The maximum absolute atomic E-state index is 12.6. The van der Waals surface area contributed by atoms with Gasteiger partial charge in [0.15, 0.2) is 0 Å². The first-order chi connectivity index (χ1) is 11.5. The molecule has 0 fully saturated rings. The van der Waals surface area contributed by atoms with Crippen molar-refractivity contribution in [2.45, 2.75) is 17.9 Å². The summed E-state index contributed by atoms with van der Waals surface area (Å²) in [5, 5.41) is 2.13. The largest absolute Gasteiger partial charge is 0.497 e. The highest BCUT2D eigenvalue weighted by Gasteiger charge is 2.19. The van der Waals surface area contributed by atoms with Crippen LogP contribution in [0.15, 0.2) is 71.6 Å². The maximum Gasteiger partial charge on any atom is 0.241 e. The van der Waals surface area contributed by atoms with E-state index in [-0.39, 0.29) is 10.9 Å². The number of fused-ring (bicyclic) bond motifs is 1. The third kappa shape index (κ3) is 3.27. The minimum absolute atomic E-state index is 0.218. The highest BCUT2D eigenvalue weighted by Crippen LogP contribution is 2.25. The average Bonchev–Trinajstić information content (AvgIpc) is 2.61. The molecule has 0 bridgehead atoms. The quantitative estimate of drug-likeness (QED) is 0.766. The molecule has 0 heterocycles. The fourth-order valence-electron chi connectivity index (χ4n) is 2.75. The molecule has 24 heavy (non-hydrogen) atoms. The van der Waals surface area contributed by atoms with E-state index in [1.165, 1.54) is 12.1 Å². The Labute approximate surface area is 142 Å². The fourth-order valence-corrected chi connectivity index (χ4v) is 3.97. The molecule has 0 saturated carbocycles. The van der Waals surface area contributed by atoms with E-state index >= 15 is 0 Å². The van der Waals surface area contributed by atoms with Crippen LogP contribution in [0.4, 0.5) is 0 Å². The number of sulfonamides is 1. The van der Waals surface area contributed by atoms with Crippen LogP contribution in [0.3, 0.4) is 0 Å². The first-order valence-corrected chi connectivity index (χ1v) is 9.13. The first kappa shape index (κ1) is 16.5. The van der Waals surface area contributed by atoms with Gasteiger partial charge >= 0.3 is 0 Å². The Kier molecular flexibility index (Phi) is 4.55. The van der Waals surface area contributed by atoms with Crippen molar-refractivity contribution >= 4 is 20.8 Å². The van der Waals surface area contributed by atoms with Gasteiger partial charge in [-0.15, -0.1) is 0 Å². The van der Waals surface area contributed by atoms with Gasteiger partial charge in [0.2, 0.25) is 10.0 Å². The minimum Gasteiger partial charge on any atom is -0.497 e. The van der Waals surface area contributed by atoms with Gasteiger partial charge in [-0.3, -0.25) is 0 Å². The van der Waals surface area contributed by atoms with Gasteiger partial charge in [-0.2, -0.15) is 0 Å². The lowest BCUT2D eigenvalue weighted by Crippen LogP contribution is -2.27. The van der Waals surface area contributed by atoms with Gasteiger partial charge in [-0.25, -0.2) is 13.1 Å². The third-order valence-electron chi connectivity index (χ3n) is 3.99. The molecule has 1 N–H and O–H groups in total. The predicted molar refractivity (Wildman–Crippen MR) is 95.7 cm³/mol. The predicted octanol–water partition coefficient (Wildman–Crippen LogP) is 3.89. The Morgan fingerprint density at radius 3 is 2.29 bits per heavy atom. The number of hydrogen-bond acceptors (Lipinski definition) is 3. The summed E-state index contributed by atoms with van der Waals surface area (Å²) in [6.07, 6.45) is 0. The van der Waals surface area contributed by atoms with Crippen LogP contribution in [0, 0.1) is 0 Å². The zero-order chi connectivity index (χ0) is 17.2. The normalized spacial score (nSPS) is 12.9. The van der Waals surface area contributed by atoms with Gasteiger partial charge in [-0.1, -0.05) is 42.5 Å². The molecule has 0 aliphatic rings. The van der Waals surface area contributed by atoms with Crippen molar-refractivity contribution in [2.75, 3.05) is 7.11 Å². The summed E-state index contributed by atoms with van der Waals surface area (Å²) >= 11 is 0. The van der Waals surface area contributed by atoms with Crippen molar-refractivity contribution < 1.29 is 13.2 Å². The van der Waals surface area contributed by atoms with Crippen LogP contribution < -0.4 is 9.46 Å². The van der Waals surface area contributed by atoms with Crippen LogP contribution in [-0.2, 0) is 10.0 Å². The summed E-state index contributed by atoms with van der Waals surface area (Å²) in [4.78, 5) is 0.218. The molecule has 0 radical (unpaired) electrons. The second kappa shape index (κ2) is 6.63. The van der Waals surface area contributed by atoms with E-state index in [1.54, 1.807) is 19.2 Å². The SMILES string of the molecule is COc1ccc(S(=O)(=O)N[C@H](C)c2cccc3ccccc23)cc1. The number of ether oxygens (including phenoxy) is 1. The molecular weight excluding hydrogens is 322 g/mol. The van der Waals surface area contributed by atoms with Crippen molar-refractivity contribution in [1.82, 2.24) is 4.72 Å². The van der Waals surface area contributed by atoms with Gasteiger partial charge in [0, 0.05) is 6.04 Å². The standard InChI is InChI=1S/C19H19NO3S/c1-14(18-9-5-7-15-6-3-4-8-19(15)18)20-24(21,22)17-12-10-16(23-2)11-13-17/h3-14,20H,1-2H3/t14-/m1/s1. The fraction of sp³-hybridized carbons (Fsp3) is 0.158. The third-order valence-corrected chi connectivity index (χ3v) is 5.55. The number of benzene rings is 3. The molecule has 3 aromatic carbocycles. The van der Waals surface area contributed by atoms with Crippen molar-refractivity contribution in [1.29, 1.82) is 0 Å². The smallest absolute Gasteiger partial charge is 0.241 e. The van der Waals surface area contributed by atoms with Gasteiger partial charge in [-0.05, 0) is 47.5 Å². The number of rotatable bonds is 5. The lowest BCUT2D eigenvalue weighted by molar-refractivity contribution is 0.414. The Bertz CT molecular complexity index is 945. The summed E-state index contributed by atoms with van der Waals surface area (Å²) in [5.41, 5.74) is 0.949. The maximum atomic E-state index is 12.6. The molecule has 4 nitrogen and oxygen atoms in total. The van der Waals surface area contributed by atoms with E-state index in [0.29, 0.717) is 5.75 Å². The Morgan fingerprint density at radius 2 is 1.58 bits per heavy atom. The van der Waals surface area contributed by atoms with Gasteiger partial charge in [0.1, 0.15) is 5.75 Å². The minimum atomic E-state index is -3.61. The molecule has 0 aromatic heterocycles. The van der Waals surface area contributed by atoms with E-state index < -0.39 is 10.0 Å². The van der Waals surface area contributed by atoms with Crippen LogP contribution in [0.1, 0.15) is 18.5 Å². The van der Waals surface area contributed by atoms with Crippen LogP contribution in [-0.4, -0.2) is 15.5 Å². The van der Waals surface area contributed by atoms with Crippen molar-refractivity contribution in [3.8, 4) is 5.75 Å². The van der Waals surface area contributed by atoms with Crippen molar-refractivity contribution in [3.63, 3.8) is 0 Å². The van der Waals surface area contributed by atoms with Gasteiger partial charge in [0.25, 0.3) is 0 Å². The van der Waals surface area contributed by atoms with E-state index in [0.717, 1.165) is 16.3 Å². The molecule has 0 unspecified atom stereocenters. The summed E-state index contributed by atoms with van der Waals surface area (Å²) in [6.45, 7) is 1.85. The zero-order valence-electron chi connectivity index (χ0n) is 13.6. The Hall–Kier alpha value is -2.37. The van der Waals surface area contributed by atoms with Crippen LogP contribution >= 0.6 is 0 Å². The summed E-state index contributed by atoms with van der Waals surface area (Å²) in [6, 6.07) is 19.9. The highest BCUT2D eigenvalue weighted by atomic mass is 32.2. The molecule has 3 aromatic rings. The first-order valence-electron chi connectivity index (χ1n) is 7.65. The van der Waals surface area contributed by atoms with Gasteiger partial charge in [0.05, 0.1) is 12.0 Å². The zero-order valence-corrected chi connectivity index (χ0v) is 14.4. The lowest BCUT2D eigenvalue weighted by Gasteiger charge is -2.17. The average molecular weight is 341 g/mol. The highest BCUT2D eigenvalue weighted by molar-refractivity contribution is 7.89. The van der Waals surface area contributed by atoms with Gasteiger partial charge < -0.3 is 4.74 Å².